The van der Waals surface area contributed by atoms with E-state index in [4.69, 9.17) is 0 Å². The molecule has 0 spiro atoms. The molecule has 3 heterocycles. The van der Waals surface area contributed by atoms with E-state index in [2.05, 4.69) is 43.7 Å². The van der Waals surface area contributed by atoms with Gasteiger partial charge in [0.1, 0.15) is 5.82 Å². The smallest absolute Gasteiger partial charge is 0.128 e. The Bertz CT molecular complexity index is 825. The number of hydrogen-bond acceptors (Lipinski definition) is 5. The predicted octanol–water partition coefficient (Wildman–Crippen LogP) is 3.17. The Hall–Kier alpha value is -2.66. The number of benzene rings is 1. The summed E-state index contributed by atoms with van der Waals surface area (Å²) in [4.78, 5) is 11.3. The number of pyridine rings is 2. The summed E-state index contributed by atoms with van der Waals surface area (Å²) in [6, 6.07) is 14.9. The molecule has 2 N–H and O–H groups in total. The Morgan fingerprint density at radius 3 is 2.79 bits per heavy atom. The number of anilines is 3. The van der Waals surface area contributed by atoms with E-state index in [1.54, 1.807) is 0 Å². The van der Waals surface area contributed by atoms with E-state index < -0.39 is 0 Å². The van der Waals surface area contributed by atoms with Gasteiger partial charge in [-0.2, -0.15) is 0 Å². The predicted molar refractivity (Wildman–Crippen MR) is 98.9 cm³/mol. The standard InChI is InChI=1S/C19H21N5/c1-20-15-9-11-24(13-15)19-7-6-14(12-22-19)23-18-8-10-21-17-5-3-2-4-16(17)18/h2-8,10,12,15,20H,9,11,13H2,1H3,(H,21,23). The van der Waals surface area contributed by atoms with Gasteiger partial charge in [-0.1, -0.05) is 18.2 Å². The normalized spacial score (nSPS) is 17.4. The highest BCUT2D eigenvalue weighted by Crippen LogP contribution is 2.26. The molecule has 1 saturated heterocycles. The van der Waals surface area contributed by atoms with Crippen LogP contribution in [0.25, 0.3) is 10.9 Å². The summed E-state index contributed by atoms with van der Waals surface area (Å²) in [5.74, 6) is 1.04. The summed E-state index contributed by atoms with van der Waals surface area (Å²) in [6.45, 7) is 2.07. The highest BCUT2D eigenvalue weighted by Gasteiger charge is 2.21. The summed E-state index contributed by atoms with van der Waals surface area (Å²) < 4.78 is 0. The van der Waals surface area contributed by atoms with Gasteiger partial charge in [-0.3, -0.25) is 4.98 Å². The maximum absolute atomic E-state index is 4.63. The molecule has 122 valence electrons. The van der Waals surface area contributed by atoms with E-state index in [1.165, 1.54) is 6.42 Å². The quantitative estimate of drug-likeness (QED) is 0.773. The molecule has 1 fully saturated rings. The lowest BCUT2D eigenvalue weighted by Gasteiger charge is -2.18. The molecule has 0 radical (unpaired) electrons. The van der Waals surface area contributed by atoms with Gasteiger partial charge in [0.25, 0.3) is 0 Å². The first-order valence-electron chi connectivity index (χ1n) is 8.32. The SMILES string of the molecule is CNC1CCN(c2ccc(Nc3ccnc4ccccc34)cn2)C1. The Balaban J connectivity index is 1.53. The fourth-order valence-electron chi connectivity index (χ4n) is 3.21. The molecule has 2 aromatic heterocycles. The lowest BCUT2D eigenvalue weighted by Crippen LogP contribution is -2.29. The van der Waals surface area contributed by atoms with Gasteiger partial charge in [-0.05, 0) is 37.7 Å². The largest absolute Gasteiger partial charge is 0.355 e. The molecule has 24 heavy (non-hydrogen) atoms. The van der Waals surface area contributed by atoms with Gasteiger partial charge in [0.2, 0.25) is 0 Å². The van der Waals surface area contributed by atoms with Crippen LogP contribution < -0.4 is 15.5 Å². The average Bonchev–Trinajstić information content (AvgIpc) is 3.12. The van der Waals surface area contributed by atoms with Crippen LogP contribution in [0.2, 0.25) is 0 Å². The molecule has 1 atom stereocenters. The lowest BCUT2D eigenvalue weighted by atomic mass is 10.2. The van der Waals surface area contributed by atoms with Gasteiger partial charge in [0.05, 0.1) is 17.4 Å². The van der Waals surface area contributed by atoms with Crippen LogP contribution in [0.1, 0.15) is 6.42 Å². The Kier molecular flexibility index (Phi) is 4.01. The molecule has 3 aromatic rings. The number of rotatable bonds is 4. The van der Waals surface area contributed by atoms with E-state index in [0.717, 1.165) is 41.2 Å². The Morgan fingerprint density at radius 1 is 1.08 bits per heavy atom. The number of para-hydroxylation sites is 1. The lowest BCUT2D eigenvalue weighted by molar-refractivity contribution is 0.616. The van der Waals surface area contributed by atoms with E-state index in [1.807, 2.05) is 43.7 Å². The van der Waals surface area contributed by atoms with Crippen molar-refractivity contribution in [1.29, 1.82) is 0 Å². The van der Waals surface area contributed by atoms with Crippen LogP contribution in [0.4, 0.5) is 17.2 Å². The van der Waals surface area contributed by atoms with Crippen molar-refractivity contribution in [3.63, 3.8) is 0 Å². The van der Waals surface area contributed by atoms with Gasteiger partial charge in [-0.25, -0.2) is 4.98 Å². The zero-order valence-corrected chi connectivity index (χ0v) is 13.7. The first kappa shape index (κ1) is 14.9. The number of likely N-dealkylation sites (N-methyl/N-ethyl adjacent to an activating group) is 1. The summed E-state index contributed by atoms with van der Waals surface area (Å²) in [5.41, 5.74) is 3.02. The second kappa shape index (κ2) is 6.45. The van der Waals surface area contributed by atoms with E-state index in [-0.39, 0.29) is 0 Å². The molecule has 1 aliphatic heterocycles. The molecule has 1 aliphatic rings. The average molecular weight is 319 g/mol. The van der Waals surface area contributed by atoms with Crippen LogP contribution in [-0.4, -0.2) is 36.1 Å². The van der Waals surface area contributed by atoms with Crippen molar-refractivity contribution in [3.05, 3.63) is 54.9 Å². The van der Waals surface area contributed by atoms with Crippen molar-refractivity contribution >= 4 is 28.1 Å². The molecule has 1 unspecified atom stereocenters. The Morgan fingerprint density at radius 2 is 2.00 bits per heavy atom. The van der Waals surface area contributed by atoms with Crippen LogP contribution in [0, 0.1) is 0 Å². The van der Waals surface area contributed by atoms with Crippen LogP contribution in [0.15, 0.2) is 54.9 Å². The number of nitrogens with one attached hydrogen (secondary N) is 2. The molecule has 5 nitrogen and oxygen atoms in total. The van der Waals surface area contributed by atoms with Crippen LogP contribution >= 0.6 is 0 Å². The highest BCUT2D eigenvalue weighted by molar-refractivity contribution is 5.92. The van der Waals surface area contributed by atoms with Gasteiger partial charge in [-0.15, -0.1) is 0 Å². The monoisotopic (exact) mass is 319 g/mol. The van der Waals surface area contributed by atoms with Gasteiger partial charge < -0.3 is 15.5 Å². The fraction of sp³-hybridized carbons (Fsp3) is 0.263. The Labute approximate surface area is 141 Å². The highest BCUT2D eigenvalue weighted by atomic mass is 15.2. The minimum atomic E-state index is 0.563. The molecule has 5 heteroatoms. The maximum atomic E-state index is 4.63. The molecular weight excluding hydrogens is 298 g/mol. The number of fused-ring (bicyclic) bond motifs is 1. The van der Waals surface area contributed by atoms with Crippen molar-refractivity contribution in [3.8, 4) is 0 Å². The zero-order chi connectivity index (χ0) is 16.4. The van der Waals surface area contributed by atoms with Crippen molar-refractivity contribution in [2.24, 2.45) is 0 Å². The van der Waals surface area contributed by atoms with Crippen LogP contribution in [0.3, 0.4) is 0 Å². The number of nitrogens with zero attached hydrogens (tertiary/aromatic N) is 3. The summed E-state index contributed by atoms with van der Waals surface area (Å²) in [6.07, 6.45) is 4.90. The van der Waals surface area contributed by atoms with Gasteiger partial charge >= 0.3 is 0 Å². The van der Waals surface area contributed by atoms with Crippen molar-refractivity contribution in [2.75, 3.05) is 30.4 Å². The topological polar surface area (TPSA) is 53.1 Å². The third-order valence-corrected chi connectivity index (χ3v) is 4.60. The summed E-state index contributed by atoms with van der Waals surface area (Å²) in [7, 11) is 2.02. The first-order valence-corrected chi connectivity index (χ1v) is 8.32. The van der Waals surface area contributed by atoms with E-state index in [0.29, 0.717) is 6.04 Å². The maximum Gasteiger partial charge on any atom is 0.128 e. The van der Waals surface area contributed by atoms with Gasteiger partial charge in [0.15, 0.2) is 0 Å². The molecule has 0 bridgehead atoms. The van der Waals surface area contributed by atoms with Crippen LogP contribution in [-0.2, 0) is 0 Å². The fourth-order valence-corrected chi connectivity index (χ4v) is 3.21. The van der Waals surface area contributed by atoms with E-state index in [9.17, 15) is 0 Å². The molecule has 0 saturated carbocycles. The molecule has 1 aromatic carbocycles. The van der Waals surface area contributed by atoms with Crippen molar-refractivity contribution < 1.29 is 0 Å². The minimum Gasteiger partial charge on any atom is -0.355 e. The van der Waals surface area contributed by atoms with E-state index >= 15 is 0 Å². The van der Waals surface area contributed by atoms with Crippen molar-refractivity contribution in [1.82, 2.24) is 15.3 Å². The second-order valence-electron chi connectivity index (χ2n) is 6.13. The number of hydrogen-bond donors (Lipinski definition) is 2. The number of aromatic nitrogens is 2. The molecular formula is C19H21N5. The minimum absolute atomic E-state index is 0.563. The third-order valence-electron chi connectivity index (χ3n) is 4.60. The molecule has 0 aliphatic carbocycles. The summed E-state index contributed by atoms with van der Waals surface area (Å²) >= 11 is 0. The van der Waals surface area contributed by atoms with Crippen LogP contribution in [0.5, 0.6) is 0 Å². The van der Waals surface area contributed by atoms with Gasteiger partial charge in [0, 0.05) is 36.4 Å². The summed E-state index contributed by atoms with van der Waals surface area (Å²) in [5, 5.41) is 7.90. The first-order chi connectivity index (χ1) is 11.8. The van der Waals surface area contributed by atoms with Crippen molar-refractivity contribution in [2.45, 2.75) is 12.5 Å². The second-order valence-corrected chi connectivity index (χ2v) is 6.13. The molecule has 0 amide bonds. The zero-order valence-electron chi connectivity index (χ0n) is 13.7. The third kappa shape index (κ3) is 2.90. The molecule has 4 rings (SSSR count).